The third-order valence-corrected chi connectivity index (χ3v) is 5.59. The smallest absolute Gasteiger partial charge is 0.186 e. The highest BCUT2D eigenvalue weighted by Crippen LogP contribution is 2.48. The summed E-state index contributed by atoms with van der Waals surface area (Å²) in [5.74, 6) is 1.21. The molecule has 6 heteroatoms. The van der Waals surface area contributed by atoms with Crippen LogP contribution >= 0.6 is 28.1 Å². The van der Waals surface area contributed by atoms with Crippen LogP contribution in [-0.4, -0.2) is 36.0 Å². The van der Waals surface area contributed by atoms with Crippen LogP contribution < -0.4 is 10.1 Å². The Labute approximate surface area is 145 Å². The van der Waals surface area contributed by atoms with Crippen molar-refractivity contribution in [1.82, 2.24) is 10.2 Å². The van der Waals surface area contributed by atoms with E-state index in [1.807, 2.05) is 12.1 Å². The van der Waals surface area contributed by atoms with Crippen LogP contribution in [0, 0.1) is 5.92 Å². The Morgan fingerprint density at radius 2 is 2.27 bits per heavy atom. The molecular weight excluding hydrogens is 364 g/mol. The van der Waals surface area contributed by atoms with E-state index in [0.29, 0.717) is 0 Å². The fourth-order valence-corrected chi connectivity index (χ4v) is 4.13. The van der Waals surface area contributed by atoms with Gasteiger partial charge in [0.2, 0.25) is 0 Å². The van der Waals surface area contributed by atoms with Gasteiger partial charge in [-0.25, -0.2) is 0 Å². The summed E-state index contributed by atoms with van der Waals surface area (Å²) in [6.07, 6.45) is 0.919. The summed E-state index contributed by atoms with van der Waals surface area (Å²) in [6, 6.07) is 6.34. The van der Waals surface area contributed by atoms with Gasteiger partial charge in [-0.2, -0.15) is 0 Å². The van der Waals surface area contributed by atoms with Crippen LogP contribution in [0.4, 0.5) is 0 Å². The molecule has 2 aliphatic heterocycles. The van der Waals surface area contributed by atoms with E-state index < -0.39 is 5.72 Å². The molecule has 4 nitrogen and oxygen atoms in total. The topological polar surface area (TPSA) is 33.7 Å². The zero-order chi connectivity index (χ0) is 15.9. The van der Waals surface area contributed by atoms with Crippen molar-refractivity contribution in [3.05, 3.63) is 28.2 Å². The van der Waals surface area contributed by atoms with Crippen molar-refractivity contribution >= 4 is 33.3 Å². The van der Waals surface area contributed by atoms with Crippen molar-refractivity contribution in [2.24, 2.45) is 5.92 Å². The lowest BCUT2D eigenvalue weighted by molar-refractivity contribution is -0.111. The number of halogens is 1. The highest BCUT2D eigenvalue weighted by Gasteiger charge is 2.52. The van der Waals surface area contributed by atoms with Gasteiger partial charge < -0.3 is 19.7 Å². The van der Waals surface area contributed by atoms with Gasteiger partial charge in [-0.3, -0.25) is 0 Å². The average Bonchev–Trinajstić information content (AvgIpc) is 2.47. The van der Waals surface area contributed by atoms with Gasteiger partial charge >= 0.3 is 0 Å². The first-order valence-electron chi connectivity index (χ1n) is 7.53. The molecule has 3 rings (SSSR count). The number of hydrogen-bond donors (Lipinski definition) is 1. The summed E-state index contributed by atoms with van der Waals surface area (Å²) < 4.78 is 12.6. The number of methoxy groups -OCH3 is 1. The SMILES string of the molecule is COCCCN1C(=S)NC2c3cc(Br)ccc3OC1(C)C2C. The fraction of sp³-hybridized carbons (Fsp3) is 0.562. The van der Waals surface area contributed by atoms with Crippen LogP contribution in [0.2, 0.25) is 0 Å². The van der Waals surface area contributed by atoms with Crippen molar-refractivity contribution < 1.29 is 9.47 Å². The third kappa shape index (κ3) is 2.51. The van der Waals surface area contributed by atoms with Crippen molar-refractivity contribution in [3.8, 4) is 5.75 Å². The molecule has 0 aliphatic carbocycles. The van der Waals surface area contributed by atoms with Crippen LogP contribution in [0.25, 0.3) is 0 Å². The Balaban J connectivity index is 1.95. The van der Waals surface area contributed by atoms with E-state index in [1.165, 1.54) is 5.56 Å². The maximum atomic E-state index is 6.41. The van der Waals surface area contributed by atoms with Gasteiger partial charge in [0.25, 0.3) is 0 Å². The first kappa shape index (κ1) is 16.0. The van der Waals surface area contributed by atoms with E-state index in [1.54, 1.807) is 7.11 Å². The minimum absolute atomic E-state index is 0.178. The predicted molar refractivity (Wildman–Crippen MR) is 94.0 cm³/mol. The fourth-order valence-electron chi connectivity index (χ4n) is 3.36. The molecule has 0 radical (unpaired) electrons. The molecule has 1 N–H and O–H groups in total. The monoisotopic (exact) mass is 384 g/mol. The standard InChI is InChI=1S/C16H21BrN2O2S/c1-10-14-12-9-11(17)5-6-13(12)21-16(10,2)19(15(22)18-14)7-4-8-20-3/h5-6,9-10,14H,4,7-8H2,1-3H3,(H,18,22). The van der Waals surface area contributed by atoms with E-state index in [9.17, 15) is 0 Å². The third-order valence-electron chi connectivity index (χ3n) is 4.76. The first-order valence-corrected chi connectivity index (χ1v) is 8.73. The first-order chi connectivity index (χ1) is 10.5. The summed E-state index contributed by atoms with van der Waals surface area (Å²) >= 11 is 9.14. The van der Waals surface area contributed by atoms with Crippen LogP contribution in [-0.2, 0) is 4.74 Å². The van der Waals surface area contributed by atoms with Crippen LogP contribution in [0.3, 0.4) is 0 Å². The maximum Gasteiger partial charge on any atom is 0.186 e. The number of ether oxygens (including phenoxy) is 2. The minimum Gasteiger partial charge on any atom is -0.467 e. The lowest BCUT2D eigenvalue weighted by Crippen LogP contribution is -2.69. The van der Waals surface area contributed by atoms with Gasteiger partial charge in [0.05, 0.1) is 6.04 Å². The Morgan fingerprint density at radius 1 is 1.50 bits per heavy atom. The zero-order valence-corrected chi connectivity index (χ0v) is 15.5. The number of benzene rings is 1. The Bertz CT molecular complexity index is 598. The van der Waals surface area contributed by atoms with Crippen molar-refractivity contribution in [2.75, 3.05) is 20.3 Å². The number of nitrogens with zero attached hydrogens (tertiary/aromatic N) is 1. The van der Waals surface area contributed by atoms with Gasteiger partial charge in [-0.1, -0.05) is 22.9 Å². The summed E-state index contributed by atoms with van der Waals surface area (Å²) in [7, 11) is 1.72. The van der Waals surface area contributed by atoms with E-state index >= 15 is 0 Å². The molecule has 0 aromatic heterocycles. The molecule has 1 aromatic carbocycles. The highest BCUT2D eigenvalue weighted by atomic mass is 79.9. The molecule has 120 valence electrons. The number of fused-ring (bicyclic) bond motifs is 4. The molecular formula is C16H21BrN2O2S. The van der Waals surface area contributed by atoms with E-state index in [4.69, 9.17) is 21.7 Å². The van der Waals surface area contributed by atoms with Crippen molar-refractivity contribution in [3.63, 3.8) is 0 Å². The van der Waals surface area contributed by atoms with E-state index in [0.717, 1.165) is 34.9 Å². The number of rotatable bonds is 4. The number of hydrogen-bond acceptors (Lipinski definition) is 3. The summed E-state index contributed by atoms with van der Waals surface area (Å²) in [5.41, 5.74) is 0.736. The molecule has 2 bridgehead atoms. The molecule has 3 atom stereocenters. The Hall–Kier alpha value is -0.850. The molecule has 1 fully saturated rings. The molecule has 3 unspecified atom stereocenters. The largest absolute Gasteiger partial charge is 0.467 e. The van der Waals surface area contributed by atoms with Gasteiger partial charge in [0, 0.05) is 36.2 Å². The van der Waals surface area contributed by atoms with Crippen molar-refractivity contribution in [2.45, 2.75) is 32.0 Å². The second-order valence-corrected chi connectivity index (χ2v) is 7.36. The summed E-state index contributed by atoms with van der Waals surface area (Å²) in [4.78, 5) is 2.16. The van der Waals surface area contributed by atoms with Crippen LogP contribution in [0.5, 0.6) is 5.75 Å². The molecule has 0 saturated carbocycles. The van der Waals surface area contributed by atoms with Crippen molar-refractivity contribution in [1.29, 1.82) is 0 Å². The maximum absolute atomic E-state index is 6.41. The predicted octanol–water partition coefficient (Wildman–Crippen LogP) is 3.46. The van der Waals surface area contributed by atoms with Gasteiger partial charge in [-0.05, 0) is 43.8 Å². The summed E-state index contributed by atoms with van der Waals surface area (Å²) in [5, 5.41) is 4.26. The highest BCUT2D eigenvalue weighted by molar-refractivity contribution is 9.10. The lowest BCUT2D eigenvalue weighted by atomic mass is 9.81. The molecule has 0 spiro atoms. The summed E-state index contributed by atoms with van der Waals surface area (Å²) in [6.45, 7) is 5.89. The molecule has 2 aliphatic rings. The molecule has 1 saturated heterocycles. The Morgan fingerprint density at radius 3 is 3.00 bits per heavy atom. The van der Waals surface area contributed by atoms with E-state index in [2.05, 4.69) is 46.1 Å². The van der Waals surface area contributed by atoms with Gasteiger partial charge in [0.1, 0.15) is 5.75 Å². The minimum atomic E-state index is -0.429. The normalized spacial score (nSPS) is 29.6. The van der Waals surface area contributed by atoms with Crippen LogP contribution in [0.15, 0.2) is 22.7 Å². The van der Waals surface area contributed by atoms with Gasteiger partial charge in [-0.15, -0.1) is 0 Å². The molecule has 2 heterocycles. The Kier molecular flexibility index (Phi) is 4.36. The number of nitrogens with one attached hydrogen (secondary N) is 1. The van der Waals surface area contributed by atoms with Crippen LogP contribution in [0.1, 0.15) is 31.9 Å². The molecule has 1 aromatic rings. The number of thiocarbonyl (C=S) groups is 1. The quantitative estimate of drug-likeness (QED) is 0.634. The molecule has 22 heavy (non-hydrogen) atoms. The zero-order valence-electron chi connectivity index (χ0n) is 13.1. The average molecular weight is 385 g/mol. The lowest BCUT2D eigenvalue weighted by Gasteiger charge is -2.56. The van der Waals surface area contributed by atoms with Gasteiger partial charge in [0.15, 0.2) is 10.8 Å². The second-order valence-electron chi connectivity index (χ2n) is 6.05. The molecule has 0 amide bonds. The van der Waals surface area contributed by atoms with E-state index in [-0.39, 0.29) is 12.0 Å². The second kappa shape index (κ2) is 5.98.